The van der Waals surface area contributed by atoms with E-state index in [4.69, 9.17) is 5.73 Å². The van der Waals surface area contributed by atoms with E-state index in [1.165, 1.54) is 0 Å². The van der Waals surface area contributed by atoms with Crippen LogP contribution < -0.4 is 5.73 Å². The standard InChI is InChI=1S/C10H21N3O/c1-4-9(11)10(14)13-6-5-8(7-13)12(2)3/h8-9H,4-7,11H2,1-3H3/t8?,9-/m1/s1. The molecule has 1 rings (SSSR count). The summed E-state index contributed by atoms with van der Waals surface area (Å²) >= 11 is 0. The van der Waals surface area contributed by atoms with Crippen LogP contribution in [-0.4, -0.2) is 55.0 Å². The van der Waals surface area contributed by atoms with E-state index >= 15 is 0 Å². The minimum atomic E-state index is -0.309. The van der Waals surface area contributed by atoms with Crippen LogP contribution in [0.25, 0.3) is 0 Å². The van der Waals surface area contributed by atoms with Crippen LogP contribution in [0.1, 0.15) is 19.8 Å². The molecule has 4 heteroatoms. The van der Waals surface area contributed by atoms with E-state index in [-0.39, 0.29) is 11.9 Å². The van der Waals surface area contributed by atoms with E-state index < -0.39 is 0 Å². The van der Waals surface area contributed by atoms with Crippen molar-refractivity contribution in [3.05, 3.63) is 0 Å². The number of hydrogen-bond donors (Lipinski definition) is 1. The number of carbonyl (C=O) groups excluding carboxylic acids is 1. The van der Waals surface area contributed by atoms with Crippen molar-refractivity contribution in [2.75, 3.05) is 27.2 Å². The molecule has 0 spiro atoms. The summed E-state index contributed by atoms with van der Waals surface area (Å²) < 4.78 is 0. The van der Waals surface area contributed by atoms with Gasteiger partial charge in [0.15, 0.2) is 0 Å². The Labute approximate surface area is 86.0 Å². The number of nitrogens with zero attached hydrogens (tertiary/aromatic N) is 2. The Morgan fingerprint density at radius 2 is 2.29 bits per heavy atom. The van der Waals surface area contributed by atoms with Gasteiger partial charge in [0.25, 0.3) is 0 Å². The van der Waals surface area contributed by atoms with Crippen molar-refractivity contribution >= 4 is 5.91 Å². The molecule has 1 amide bonds. The second kappa shape index (κ2) is 4.75. The second-order valence-corrected chi connectivity index (χ2v) is 4.21. The van der Waals surface area contributed by atoms with Crippen molar-refractivity contribution in [2.24, 2.45) is 5.73 Å². The summed E-state index contributed by atoms with van der Waals surface area (Å²) in [5, 5.41) is 0. The normalized spacial score (nSPS) is 24.4. The van der Waals surface area contributed by atoms with Gasteiger partial charge in [-0.3, -0.25) is 4.79 Å². The zero-order valence-corrected chi connectivity index (χ0v) is 9.36. The Hall–Kier alpha value is -0.610. The van der Waals surface area contributed by atoms with Crippen molar-refractivity contribution in [1.82, 2.24) is 9.80 Å². The Kier molecular flexibility index (Phi) is 3.89. The van der Waals surface area contributed by atoms with Gasteiger partial charge < -0.3 is 15.5 Å². The van der Waals surface area contributed by atoms with E-state index in [1.54, 1.807) is 0 Å². The predicted molar refractivity (Wildman–Crippen MR) is 56.9 cm³/mol. The van der Waals surface area contributed by atoms with Gasteiger partial charge >= 0.3 is 0 Å². The van der Waals surface area contributed by atoms with Crippen LogP contribution in [0.15, 0.2) is 0 Å². The highest BCUT2D eigenvalue weighted by Gasteiger charge is 2.29. The first-order chi connectivity index (χ1) is 6.56. The summed E-state index contributed by atoms with van der Waals surface area (Å²) in [6, 6.07) is 0.193. The van der Waals surface area contributed by atoms with Crippen molar-refractivity contribution in [1.29, 1.82) is 0 Å². The summed E-state index contributed by atoms with van der Waals surface area (Å²) in [7, 11) is 4.11. The van der Waals surface area contributed by atoms with Crippen molar-refractivity contribution in [3.8, 4) is 0 Å². The molecule has 1 aliphatic rings. The molecule has 0 aromatic rings. The van der Waals surface area contributed by atoms with Crippen molar-refractivity contribution in [3.63, 3.8) is 0 Å². The lowest BCUT2D eigenvalue weighted by molar-refractivity contribution is -0.131. The minimum Gasteiger partial charge on any atom is -0.340 e. The molecule has 1 aliphatic heterocycles. The van der Waals surface area contributed by atoms with E-state index in [1.807, 2.05) is 11.8 Å². The third-order valence-electron chi connectivity index (χ3n) is 2.96. The molecule has 14 heavy (non-hydrogen) atoms. The zero-order chi connectivity index (χ0) is 10.7. The molecule has 1 heterocycles. The average Bonchev–Trinajstić information content (AvgIpc) is 2.64. The van der Waals surface area contributed by atoms with Gasteiger partial charge in [0.05, 0.1) is 6.04 Å². The molecular weight excluding hydrogens is 178 g/mol. The topological polar surface area (TPSA) is 49.6 Å². The van der Waals surface area contributed by atoms with Gasteiger partial charge in [-0.05, 0) is 26.9 Å². The van der Waals surface area contributed by atoms with Gasteiger partial charge in [0, 0.05) is 19.1 Å². The fourth-order valence-corrected chi connectivity index (χ4v) is 1.77. The molecule has 1 fully saturated rings. The average molecular weight is 199 g/mol. The predicted octanol–water partition coefficient (Wildman–Crippen LogP) is -0.114. The summed E-state index contributed by atoms with van der Waals surface area (Å²) in [6.07, 6.45) is 1.79. The Balaban J connectivity index is 2.45. The molecule has 0 saturated carbocycles. The van der Waals surface area contributed by atoms with Gasteiger partial charge in [-0.1, -0.05) is 6.92 Å². The van der Waals surface area contributed by atoms with Crippen LogP contribution in [0, 0.1) is 0 Å². The maximum atomic E-state index is 11.7. The lowest BCUT2D eigenvalue weighted by atomic mass is 10.2. The Morgan fingerprint density at radius 3 is 2.71 bits per heavy atom. The number of hydrogen-bond acceptors (Lipinski definition) is 3. The number of carbonyl (C=O) groups is 1. The number of likely N-dealkylation sites (N-methyl/N-ethyl adjacent to an activating group) is 1. The number of nitrogens with two attached hydrogens (primary N) is 1. The summed E-state index contributed by atoms with van der Waals surface area (Å²) in [5.41, 5.74) is 5.71. The van der Waals surface area contributed by atoms with Crippen molar-refractivity contribution < 1.29 is 4.79 Å². The van der Waals surface area contributed by atoms with Gasteiger partial charge in [-0.2, -0.15) is 0 Å². The van der Waals surface area contributed by atoms with Crippen LogP contribution in [-0.2, 0) is 4.79 Å². The summed E-state index contributed by atoms with van der Waals surface area (Å²) in [4.78, 5) is 15.8. The Bertz CT molecular complexity index is 206. The van der Waals surface area contributed by atoms with Crippen LogP contribution in [0.3, 0.4) is 0 Å². The first kappa shape index (κ1) is 11.5. The summed E-state index contributed by atoms with van der Waals surface area (Å²) in [6.45, 7) is 3.64. The van der Waals surface area contributed by atoms with Crippen LogP contribution in [0.2, 0.25) is 0 Å². The molecule has 82 valence electrons. The van der Waals surface area contributed by atoms with E-state index in [9.17, 15) is 4.79 Å². The maximum absolute atomic E-state index is 11.7. The SMILES string of the molecule is CC[C@@H](N)C(=O)N1CCC(N(C)C)C1. The molecule has 2 atom stereocenters. The molecular formula is C10H21N3O. The molecule has 1 saturated heterocycles. The second-order valence-electron chi connectivity index (χ2n) is 4.21. The summed E-state index contributed by atoms with van der Waals surface area (Å²) in [5.74, 6) is 0.108. The monoisotopic (exact) mass is 199 g/mol. The highest BCUT2D eigenvalue weighted by atomic mass is 16.2. The first-order valence-corrected chi connectivity index (χ1v) is 5.27. The highest BCUT2D eigenvalue weighted by molar-refractivity contribution is 5.81. The zero-order valence-electron chi connectivity index (χ0n) is 9.36. The van der Waals surface area contributed by atoms with Gasteiger partial charge in [-0.15, -0.1) is 0 Å². The fraction of sp³-hybridized carbons (Fsp3) is 0.900. The van der Waals surface area contributed by atoms with E-state index in [0.717, 1.165) is 25.9 Å². The largest absolute Gasteiger partial charge is 0.340 e. The smallest absolute Gasteiger partial charge is 0.239 e. The molecule has 0 aliphatic carbocycles. The molecule has 0 radical (unpaired) electrons. The number of amides is 1. The Morgan fingerprint density at radius 1 is 1.64 bits per heavy atom. The highest BCUT2D eigenvalue weighted by Crippen LogP contribution is 2.14. The molecule has 0 bridgehead atoms. The molecule has 2 N–H and O–H groups in total. The first-order valence-electron chi connectivity index (χ1n) is 5.27. The van der Waals surface area contributed by atoms with Gasteiger partial charge in [-0.25, -0.2) is 0 Å². The number of likely N-dealkylation sites (tertiary alicyclic amines) is 1. The van der Waals surface area contributed by atoms with E-state index in [0.29, 0.717) is 6.04 Å². The van der Waals surface area contributed by atoms with Crippen LogP contribution in [0.4, 0.5) is 0 Å². The molecule has 0 aromatic heterocycles. The van der Waals surface area contributed by atoms with E-state index in [2.05, 4.69) is 19.0 Å². The van der Waals surface area contributed by atoms with Gasteiger partial charge in [0.1, 0.15) is 0 Å². The molecule has 0 aromatic carbocycles. The third-order valence-corrected chi connectivity index (χ3v) is 2.96. The lowest BCUT2D eigenvalue weighted by Crippen LogP contribution is -2.43. The lowest BCUT2D eigenvalue weighted by Gasteiger charge is -2.22. The molecule has 1 unspecified atom stereocenters. The maximum Gasteiger partial charge on any atom is 0.239 e. The fourth-order valence-electron chi connectivity index (χ4n) is 1.77. The number of rotatable bonds is 3. The van der Waals surface area contributed by atoms with Crippen LogP contribution >= 0.6 is 0 Å². The third kappa shape index (κ3) is 2.45. The molecule has 4 nitrogen and oxygen atoms in total. The quantitative estimate of drug-likeness (QED) is 0.690. The van der Waals surface area contributed by atoms with Crippen molar-refractivity contribution in [2.45, 2.75) is 31.8 Å². The minimum absolute atomic E-state index is 0.108. The van der Waals surface area contributed by atoms with Crippen LogP contribution in [0.5, 0.6) is 0 Å². The van der Waals surface area contributed by atoms with Gasteiger partial charge in [0.2, 0.25) is 5.91 Å².